The molecule has 31 heavy (non-hydrogen) atoms. The molecule has 3 aliphatic rings. The van der Waals surface area contributed by atoms with Crippen LogP contribution in [0.15, 0.2) is 40.9 Å². The van der Waals surface area contributed by atoms with Crippen molar-refractivity contribution < 1.29 is 14.1 Å². The molecule has 7 nitrogen and oxygen atoms in total. The van der Waals surface area contributed by atoms with E-state index in [-0.39, 0.29) is 17.9 Å². The van der Waals surface area contributed by atoms with E-state index in [2.05, 4.69) is 28.7 Å². The molecule has 2 amide bonds. The van der Waals surface area contributed by atoms with E-state index in [9.17, 15) is 9.59 Å². The average molecular weight is 421 g/mol. The largest absolute Gasteiger partial charge is 0.360 e. The van der Waals surface area contributed by atoms with Crippen LogP contribution in [-0.4, -0.2) is 47.0 Å². The van der Waals surface area contributed by atoms with E-state index < -0.39 is 6.04 Å². The Morgan fingerprint density at radius 1 is 1.19 bits per heavy atom. The van der Waals surface area contributed by atoms with Crippen molar-refractivity contribution in [2.75, 3.05) is 13.1 Å². The van der Waals surface area contributed by atoms with Gasteiger partial charge in [-0.2, -0.15) is 0 Å². The number of nitrogens with one attached hydrogen (secondary N) is 1. The van der Waals surface area contributed by atoms with E-state index in [4.69, 9.17) is 10.3 Å². The van der Waals surface area contributed by atoms with E-state index in [1.165, 1.54) is 11.1 Å². The lowest BCUT2D eigenvalue weighted by molar-refractivity contribution is -0.133. The zero-order valence-corrected chi connectivity index (χ0v) is 17.5. The number of nitrogens with zero attached hydrogens (tertiary/aromatic N) is 2. The van der Waals surface area contributed by atoms with Crippen molar-refractivity contribution in [1.29, 1.82) is 0 Å². The lowest BCUT2D eigenvalue weighted by atomic mass is 9.98. The molecule has 0 bridgehead atoms. The Morgan fingerprint density at radius 2 is 1.97 bits per heavy atom. The second-order valence-corrected chi connectivity index (χ2v) is 8.86. The molecule has 2 fully saturated rings. The molecule has 1 saturated carbocycles. The van der Waals surface area contributed by atoms with Gasteiger partial charge in [0.05, 0.1) is 6.04 Å². The summed E-state index contributed by atoms with van der Waals surface area (Å²) in [7, 11) is 0. The maximum Gasteiger partial charge on any atom is 0.273 e. The first kappa shape index (κ1) is 20.0. The zero-order valence-electron chi connectivity index (χ0n) is 17.5. The highest BCUT2D eigenvalue weighted by molar-refractivity contribution is 5.92. The second-order valence-electron chi connectivity index (χ2n) is 8.86. The van der Waals surface area contributed by atoms with E-state index >= 15 is 0 Å². The third kappa shape index (κ3) is 4.28. The normalized spacial score (nSPS) is 19.6. The van der Waals surface area contributed by atoms with Crippen molar-refractivity contribution in [3.63, 3.8) is 0 Å². The Labute approximate surface area is 181 Å². The zero-order chi connectivity index (χ0) is 21.4. The molecule has 162 valence electrons. The van der Waals surface area contributed by atoms with E-state index in [0.717, 1.165) is 30.6 Å². The summed E-state index contributed by atoms with van der Waals surface area (Å²) in [4.78, 5) is 27.2. The molecular weight excluding hydrogens is 392 g/mol. The molecule has 2 heterocycles. The molecule has 0 radical (unpaired) electrons. The van der Waals surface area contributed by atoms with E-state index in [1.54, 1.807) is 6.07 Å². The van der Waals surface area contributed by atoms with Gasteiger partial charge in [-0.1, -0.05) is 35.5 Å². The van der Waals surface area contributed by atoms with Crippen LogP contribution in [0.2, 0.25) is 0 Å². The maximum absolute atomic E-state index is 12.9. The van der Waals surface area contributed by atoms with E-state index in [1.807, 2.05) is 17.0 Å². The van der Waals surface area contributed by atoms with Gasteiger partial charge in [0.25, 0.3) is 5.91 Å². The van der Waals surface area contributed by atoms with Crippen molar-refractivity contribution >= 4 is 17.4 Å². The van der Waals surface area contributed by atoms with Gasteiger partial charge in [0.2, 0.25) is 5.91 Å². The summed E-state index contributed by atoms with van der Waals surface area (Å²) in [6.07, 6.45) is 7.28. The molecule has 2 aliphatic carbocycles. The van der Waals surface area contributed by atoms with Crippen LogP contribution in [0.4, 0.5) is 0 Å². The average Bonchev–Trinajstić information content (AvgIpc) is 3.38. The minimum Gasteiger partial charge on any atom is -0.360 e. The minimum atomic E-state index is -0.542. The Hall–Kier alpha value is -2.93. The first-order chi connectivity index (χ1) is 15.1. The standard InChI is InChI=1S/C24H28N4O3/c25-20(13-17-8-5-15-3-1-2-4-19(15)17)24(30)28-11-9-18(10-12-28)26-23(29)21-14-22(31-27-21)16-6-7-16/h1-4,8,14,16,18,20H,5-7,9-13,25H2,(H,26,29)/t20-/m1/s1. The molecule has 5 rings (SSSR count). The van der Waals surface area contributed by atoms with Crippen LogP contribution in [0.5, 0.6) is 0 Å². The number of carbonyl (C=O) groups excluding carboxylic acids is 2. The smallest absolute Gasteiger partial charge is 0.273 e. The predicted molar refractivity (Wildman–Crippen MR) is 116 cm³/mol. The van der Waals surface area contributed by atoms with Crippen molar-refractivity contribution in [2.24, 2.45) is 5.73 Å². The molecule has 2 aromatic rings. The van der Waals surface area contributed by atoms with Gasteiger partial charge in [0, 0.05) is 31.1 Å². The van der Waals surface area contributed by atoms with Crippen molar-refractivity contribution in [1.82, 2.24) is 15.4 Å². The Bertz CT molecular complexity index is 1020. The Morgan fingerprint density at radius 3 is 2.74 bits per heavy atom. The number of likely N-dealkylation sites (tertiary alicyclic amines) is 1. The fourth-order valence-corrected chi connectivity index (χ4v) is 4.57. The van der Waals surface area contributed by atoms with Crippen LogP contribution in [0.3, 0.4) is 0 Å². The molecule has 0 spiro atoms. The first-order valence-electron chi connectivity index (χ1n) is 11.2. The number of amides is 2. The molecule has 1 aromatic carbocycles. The summed E-state index contributed by atoms with van der Waals surface area (Å²) in [5.74, 6) is 1.02. The van der Waals surface area contributed by atoms with Crippen LogP contribution in [-0.2, 0) is 11.2 Å². The summed E-state index contributed by atoms with van der Waals surface area (Å²) in [6.45, 7) is 1.19. The van der Waals surface area contributed by atoms with Crippen LogP contribution >= 0.6 is 0 Å². The number of benzene rings is 1. The highest BCUT2D eigenvalue weighted by Gasteiger charge is 2.31. The summed E-state index contributed by atoms with van der Waals surface area (Å²) in [5.41, 5.74) is 10.3. The summed E-state index contributed by atoms with van der Waals surface area (Å²) in [5, 5.41) is 6.93. The number of aromatic nitrogens is 1. The molecule has 1 atom stereocenters. The fraction of sp³-hybridized carbons (Fsp3) is 0.458. The Kier molecular flexibility index (Phi) is 5.36. The number of fused-ring (bicyclic) bond motifs is 1. The summed E-state index contributed by atoms with van der Waals surface area (Å²) in [6, 6.07) is 9.52. The number of carbonyl (C=O) groups is 2. The third-order valence-corrected chi connectivity index (χ3v) is 6.57. The van der Waals surface area contributed by atoms with Crippen molar-refractivity contribution in [3.05, 3.63) is 59.0 Å². The summed E-state index contributed by atoms with van der Waals surface area (Å²) < 4.78 is 5.27. The fourth-order valence-electron chi connectivity index (χ4n) is 4.57. The lowest BCUT2D eigenvalue weighted by Gasteiger charge is -2.33. The number of hydrogen-bond acceptors (Lipinski definition) is 5. The first-order valence-corrected chi connectivity index (χ1v) is 11.2. The quantitative estimate of drug-likeness (QED) is 0.748. The number of allylic oxidation sites excluding steroid dienone is 1. The van der Waals surface area contributed by atoms with Gasteiger partial charge in [-0.3, -0.25) is 9.59 Å². The molecule has 7 heteroatoms. The number of hydrogen-bond donors (Lipinski definition) is 2. The van der Waals surface area contributed by atoms with Crippen molar-refractivity contribution in [3.8, 4) is 0 Å². The molecule has 0 unspecified atom stereocenters. The van der Waals surface area contributed by atoms with Crippen LogP contribution < -0.4 is 11.1 Å². The van der Waals surface area contributed by atoms with E-state index in [0.29, 0.717) is 44.0 Å². The van der Waals surface area contributed by atoms with Gasteiger partial charge in [-0.15, -0.1) is 0 Å². The molecule has 1 aliphatic heterocycles. The van der Waals surface area contributed by atoms with Gasteiger partial charge >= 0.3 is 0 Å². The third-order valence-electron chi connectivity index (χ3n) is 6.57. The lowest BCUT2D eigenvalue weighted by Crippen LogP contribution is -2.51. The maximum atomic E-state index is 12.9. The SMILES string of the molecule is N[C@H](CC1=CCc2ccccc21)C(=O)N1CCC(NC(=O)c2cc(C3CC3)on2)CC1. The van der Waals surface area contributed by atoms with Crippen LogP contribution in [0.1, 0.15) is 65.4 Å². The molecular formula is C24H28N4O3. The Balaban J connectivity index is 1.10. The van der Waals surface area contributed by atoms with Gasteiger partial charge in [-0.05, 0) is 55.2 Å². The van der Waals surface area contributed by atoms with Crippen molar-refractivity contribution in [2.45, 2.75) is 56.5 Å². The van der Waals surface area contributed by atoms with Gasteiger partial charge in [0.1, 0.15) is 5.76 Å². The minimum absolute atomic E-state index is 0.0133. The van der Waals surface area contributed by atoms with Gasteiger partial charge in [-0.25, -0.2) is 0 Å². The number of rotatable bonds is 6. The summed E-state index contributed by atoms with van der Waals surface area (Å²) >= 11 is 0. The van der Waals surface area contributed by atoms with Gasteiger partial charge < -0.3 is 20.5 Å². The second kappa shape index (κ2) is 8.30. The molecule has 3 N–H and O–H groups in total. The monoisotopic (exact) mass is 420 g/mol. The molecule has 1 aromatic heterocycles. The van der Waals surface area contributed by atoms with Crippen LogP contribution in [0, 0.1) is 0 Å². The van der Waals surface area contributed by atoms with Crippen LogP contribution in [0.25, 0.3) is 5.57 Å². The molecule has 1 saturated heterocycles. The number of piperidine rings is 1. The van der Waals surface area contributed by atoms with Gasteiger partial charge in [0.15, 0.2) is 5.69 Å². The highest BCUT2D eigenvalue weighted by Crippen LogP contribution is 2.40. The predicted octanol–water partition coefficient (Wildman–Crippen LogP) is 2.63. The highest BCUT2D eigenvalue weighted by atomic mass is 16.5. The number of nitrogens with two attached hydrogens (primary N) is 1. The topological polar surface area (TPSA) is 101 Å².